The monoisotopic (exact) mass is 592 g/mol. The summed E-state index contributed by atoms with van der Waals surface area (Å²) in [5.41, 5.74) is -1.03. The van der Waals surface area contributed by atoms with Gasteiger partial charge in [0.25, 0.3) is 0 Å². The maximum atomic E-state index is 14.6. The van der Waals surface area contributed by atoms with Gasteiger partial charge in [0.1, 0.15) is 6.07 Å². The lowest BCUT2D eigenvalue weighted by atomic mass is 9.34. The van der Waals surface area contributed by atoms with Gasteiger partial charge in [-0.25, -0.2) is 0 Å². The highest BCUT2D eigenvalue weighted by Crippen LogP contribution is 2.74. The van der Waals surface area contributed by atoms with E-state index in [0.29, 0.717) is 19.6 Å². The summed E-state index contributed by atoms with van der Waals surface area (Å²) in [6.07, 6.45) is 9.97. The number of hydrogen-bond acceptors (Lipinski definition) is 6. The summed E-state index contributed by atoms with van der Waals surface area (Å²) in [6.45, 7) is 16.0. The minimum atomic E-state index is -0.676. The van der Waals surface area contributed by atoms with E-state index >= 15 is 0 Å². The number of carbonyl (C=O) groups is 3. The van der Waals surface area contributed by atoms with Crippen LogP contribution in [0.5, 0.6) is 0 Å². The molecule has 0 aromatic carbocycles. The van der Waals surface area contributed by atoms with Crippen molar-refractivity contribution < 1.29 is 23.9 Å². The molecule has 0 unspecified atom stereocenters. The molecule has 3 fully saturated rings. The third-order valence-electron chi connectivity index (χ3n) is 13.7. The fourth-order valence-corrected chi connectivity index (χ4v) is 10.8. The molecule has 0 aliphatic heterocycles. The number of methoxy groups -OCH3 is 2. The Hall–Kier alpha value is -2.30. The van der Waals surface area contributed by atoms with Crippen LogP contribution in [0.25, 0.3) is 0 Å². The number of Topliss-reactive ketones (excluding diaryl/α,β-unsaturated/α-hetero) is 1. The lowest BCUT2D eigenvalue weighted by Gasteiger charge is -2.69. The van der Waals surface area contributed by atoms with Crippen molar-refractivity contribution in [2.24, 2.45) is 50.2 Å². The van der Waals surface area contributed by atoms with E-state index in [9.17, 15) is 19.6 Å². The number of fused-ring (bicyclic) bond motifs is 7. The summed E-state index contributed by atoms with van der Waals surface area (Å²) in [4.78, 5) is 41.7. The molecule has 5 rings (SSSR count). The Morgan fingerprint density at radius 2 is 1.63 bits per heavy atom. The summed E-state index contributed by atoms with van der Waals surface area (Å²) >= 11 is 0. The molecule has 0 aromatic heterocycles. The maximum Gasteiger partial charge on any atom is 0.226 e. The third kappa shape index (κ3) is 4.44. The first-order chi connectivity index (χ1) is 20.0. The Kier molecular flexibility index (Phi) is 7.75. The van der Waals surface area contributed by atoms with Gasteiger partial charge in [0.15, 0.2) is 11.6 Å². The highest BCUT2D eigenvalue weighted by atomic mass is 16.5. The summed E-state index contributed by atoms with van der Waals surface area (Å²) < 4.78 is 10.7. The first-order valence-electron chi connectivity index (χ1n) is 16.2. The summed E-state index contributed by atoms with van der Waals surface area (Å²) in [6, 6.07) is 1.97. The molecule has 1 amide bonds. The quantitative estimate of drug-likeness (QED) is 0.407. The molecule has 1 N–H and O–H groups in total. The van der Waals surface area contributed by atoms with Crippen LogP contribution in [0.3, 0.4) is 0 Å². The smallest absolute Gasteiger partial charge is 0.226 e. The van der Waals surface area contributed by atoms with Crippen LogP contribution >= 0.6 is 0 Å². The number of rotatable bonds is 6. The van der Waals surface area contributed by atoms with E-state index in [1.54, 1.807) is 14.2 Å². The third-order valence-corrected chi connectivity index (χ3v) is 13.7. The van der Waals surface area contributed by atoms with Gasteiger partial charge in [-0.15, -0.1) is 0 Å². The molecule has 236 valence electrons. The molecule has 0 spiro atoms. The zero-order valence-corrected chi connectivity index (χ0v) is 27.8. The average Bonchev–Trinajstić information content (AvgIpc) is 2.93. The molecule has 0 aromatic rings. The van der Waals surface area contributed by atoms with Gasteiger partial charge in [0.05, 0.1) is 24.8 Å². The highest BCUT2D eigenvalue weighted by molar-refractivity contribution is 6.04. The number of carbonyl (C=O) groups excluding carboxylic acids is 3. The standard InChI is InChI=1S/C36H52N2O5/c1-31(2)26-10-11-35(6)27(34(26,5)17-22(19-37)29(31)40)16-25(39)28-24-18-33(4,30(41)38-23(20-42-8)21-43-9)13-12-32(24,3)14-15-36(28,35)7/h16-17,23-24,26,28H,10-15,18,20-21H2,1-9H3,(H,38,41)/t24-,26-,28-,32+,33-,34-,35+,36+/m0/s1. The van der Waals surface area contributed by atoms with Crippen LogP contribution in [-0.2, 0) is 23.9 Å². The maximum absolute atomic E-state index is 14.6. The minimum absolute atomic E-state index is 0.00593. The van der Waals surface area contributed by atoms with E-state index in [-0.39, 0.29) is 63.1 Å². The molecular formula is C36H52N2O5. The molecule has 3 saturated carbocycles. The number of ether oxygens (including phenoxy) is 2. The fraction of sp³-hybridized carbons (Fsp3) is 0.778. The molecule has 0 bridgehead atoms. The Labute approximate surface area is 258 Å². The van der Waals surface area contributed by atoms with Gasteiger partial charge in [-0.2, -0.15) is 5.26 Å². The lowest BCUT2D eigenvalue weighted by molar-refractivity contribution is -0.172. The van der Waals surface area contributed by atoms with Crippen molar-refractivity contribution in [3.05, 3.63) is 23.3 Å². The molecule has 8 atom stereocenters. The summed E-state index contributed by atoms with van der Waals surface area (Å²) in [5.74, 6) is 0.0257. The van der Waals surface area contributed by atoms with E-state index in [1.807, 2.05) is 26.0 Å². The van der Waals surface area contributed by atoms with Gasteiger partial charge >= 0.3 is 0 Å². The van der Waals surface area contributed by atoms with Crippen molar-refractivity contribution in [1.29, 1.82) is 5.26 Å². The number of nitrogens with zero attached hydrogens (tertiary/aromatic N) is 1. The van der Waals surface area contributed by atoms with Gasteiger partial charge in [0.2, 0.25) is 5.91 Å². The molecule has 43 heavy (non-hydrogen) atoms. The van der Waals surface area contributed by atoms with Crippen LogP contribution in [-0.4, -0.2) is 50.9 Å². The summed E-state index contributed by atoms with van der Waals surface area (Å²) in [5, 5.41) is 13.1. The Morgan fingerprint density at radius 1 is 1.00 bits per heavy atom. The van der Waals surface area contributed by atoms with Gasteiger partial charge < -0.3 is 14.8 Å². The fourth-order valence-electron chi connectivity index (χ4n) is 10.8. The van der Waals surface area contributed by atoms with E-state index in [2.05, 4.69) is 46.0 Å². The highest BCUT2D eigenvalue weighted by Gasteiger charge is 2.69. The zero-order chi connectivity index (χ0) is 31.8. The van der Waals surface area contributed by atoms with E-state index in [1.165, 1.54) is 0 Å². The van der Waals surface area contributed by atoms with E-state index in [4.69, 9.17) is 9.47 Å². The first-order valence-corrected chi connectivity index (χ1v) is 16.2. The SMILES string of the molecule is COCC(COC)NC(=O)[C@@]1(C)CC[C@]2(C)CC[C@]3(C)[C@H](C(=O)C=C4[C@@]5(C)C=C(C#N)C(=O)C(C)(C)[C@@H]5CC[C@]43C)[C@@H]2C1. The number of amides is 1. The second kappa shape index (κ2) is 10.4. The average molecular weight is 593 g/mol. The van der Waals surface area contributed by atoms with Crippen molar-refractivity contribution in [3.63, 3.8) is 0 Å². The number of nitrogens with one attached hydrogen (secondary N) is 1. The number of allylic oxidation sites excluding steroid dienone is 4. The number of ketones is 2. The largest absolute Gasteiger partial charge is 0.382 e. The van der Waals surface area contributed by atoms with Crippen molar-refractivity contribution in [2.75, 3.05) is 27.4 Å². The number of nitriles is 1. The predicted octanol–water partition coefficient (Wildman–Crippen LogP) is 5.98. The van der Waals surface area contributed by atoms with Crippen LogP contribution in [0.4, 0.5) is 0 Å². The Balaban J connectivity index is 1.55. The molecule has 7 nitrogen and oxygen atoms in total. The van der Waals surface area contributed by atoms with Crippen molar-refractivity contribution in [1.82, 2.24) is 5.32 Å². The molecule has 7 heteroatoms. The zero-order valence-electron chi connectivity index (χ0n) is 27.8. The van der Waals surface area contributed by atoms with E-state index < -0.39 is 16.2 Å². The van der Waals surface area contributed by atoms with Gasteiger partial charge in [0, 0.05) is 36.4 Å². The molecule has 0 heterocycles. The molecule has 5 aliphatic rings. The molecular weight excluding hydrogens is 540 g/mol. The lowest BCUT2D eigenvalue weighted by Crippen LogP contribution is -2.65. The van der Waals surface area contributed by atoms with Gasteiger partial charge in [-0.3, -0.25) is 14.4 Å². The first kappa shape index (κ1) is 32.1. The van der Waals surface area contributed by atoms with Crippen LogP contribution in [0, 0.1) is 61.6 Å². The number of hydrogen-bond donors (Lipinski definition) is 1. The normalized spacial score (nSPS) is 43.3. The van der Waals surface area contributed by atoms with Crippen LogP contribution < -0.4 is 5.32 Å². The van der Waals surface area contributed by atoms with Crippen molar-refractivity contribution in [3.8, 4) is 6.07 Å². The molecule has 0 saturated heterocycles. The van der Waals surface area contributed by atoms with Gasteiger partial charge in [-0.1, -0.05) is 60.1 Å². The van der Waals surface area contributed by atoms with Gasteiger partial charge in [-0.05, 0) is 79.1 Å². The van der Waals surface area contributed by atoms with Crippen molar-refractivity contribution in [2.45, 2.75) is 99.5 Å². The van der Waals surface area contributed by atoms with E-state index in [0.717, 1.165) is 44.1 Å². The van der Waals surface area contributed by atoms with Crippen LogP contribution in [0.15, 0.2) is 23.3 Å². The predicted molar refractivity (Wildman–Crippen MR) is 165 cm³/mol. The Morgan fingerprint density at radius 3 is 2.23 bits per heavy atom. The Bertz CT molecular complexity index is 1320. The topological polar surface area (TPSA) is 105 Å². The second-order valence-electron chi connectivity index (χ2n) is 16.4. The summed E-state index contributed by atoms with van der Waals surface area (Å²) in [7, 11) is 3.25. The molecule has 5 aliphatic carbocycles. The van der Waals surface area contributed by atoms with Crippen LogP contribution in [0.2, 0.25) is 0 Å². The minimum Gasteiger partial charge on any atom is -0.382 e. The van der Waals surface area contributed by atoms with Crippen molar-refractivity contribution >= 4 is 17.5 Å². The second-order valence-corrected chi connectivity index (χ2v) is 16.4. The molecule has 0 radical (unpaired) electrons. The van der Waals surface area contributed by atoms with Crippen LogP contribution in [0.1, 0.15) is 93.4 Å².